The molecule has 3 rings (SSSR count). The lowest BCUT2D eigenvalue weighted by molar-refractivity contribution is 0.207. The van der Waals surface area contributed by atoms with Gasteiger partial charge in [-0.25, -0.2) is 9.07 Å². The van der Waals surface area contributed by atoms with Crippen LogP contribution in [-0.4, -0.2) is 15.9 Å². The summed E-state index contributed by atoms with van der Waals surface area (Å²) >= 11 is 0. The summed E-state index contributed by atoms with van der Waals surface area (Å²) in [6, 6.07) is 5.25. The Morgan fingerprint density at radius 2 is 2.15 bits per heavy atom. The van der Waals surface area contributed by atoms with Crippen LogP contribution in [0, 0.1) is 19.7 Å². The third-order valence-electron chi connectivity index (χ3n) is 3.80. The molecule has 1 aliphatic heterocycles. The van der Waals surface area contributed by atoms with E-state index in [4.69, 9.17) is 4.74 Å². The van der Waals surface area contributed by atoms with Crippen LogP contribution in [-0.2, 0) is 6.54 Å². The van der Waals surface area contributed by atoms with Crippen LogP contribution in [0.15, 0.2) is 18.2 Å². The first kappa shape index (κ1) is 13.2. The minimum Gasteiger partial charge on any atom is -0.475 e. The molecular formula is C16H19FN2O. The Bertz CT molecular complexity index is 648. The predicted octanol–water partition coefficient (Wildman–Crippen LogP) is 3.87. The van der Waals surface area contributed by atoms with E-state index < -0.39 is 0 Å². The van der Waals surface area contributed by atoms with E-state index >= 15 is 0 Å². The maximum Gasteiger partial charge on any atom is 0.215 e. The molecule has 0 amide bonds. The molecule has 1 unspecified atom stereocenters. The molecular weight excluding hydrogens is 255 g/mol. The van der Waals surface area contributed by atoms with Gasteiger partial charge in [-0.05, 0) is 51.3 Å². The third-order valence-corrected chi connectivity index (χ3v) is 3.80. The van der Waals surface area contributed by atoms with E-state index in [1.165, 1.54) is 0 Å². The van der Waals surface area contributed by atoms with Gasteiger partial charge in [-0.1, -0.05) is 6.07 Å². The Hall–Kier alpha value is -1.84. The molecule has 0 fully saturated rings. The molecule has 2 heterocycles. The van der Waals surface area contributed by atoms with Crippen LogP contribution in [0.2, 0.25) is 0 Å². The monoisotopic (exact) mass is 274 g/mol. The first-order valence-corrected chi connectivity index (χ1v) is 7.07. The van der Waals surface area contributed by atoms with Crippen molar-refractivity contribution in [1.29, 1.82) is 0 Å². The van der Waals surface area contributed by atoms with Crippen LogP contribution in [0.25, 0.3) is 11.3 Å². The predicted molar refractivity (Wildman–Crippen MR) is 76.4 cm³/mol. The van der Waals surface area contributed by atoms with Crippen LogP contribution in [0.3, 0.4) is 0 Å². The van der Waals surface area contributed by atoms with Crippen LogP contribution in [0.5, 0.6) is 5.88 Å². The van der Waals surface area contributed by atoms with E-state index in [1.54, 1.807) is 12.1 Å². The summed E-state index contributed by atoms with van der Waals surface area (Å²) in [5.41, 5.74) is 3.06. The van der Waals surface area contributed by atoms with Crippen molar-refractivity contribution in [3.8, 4) is 17.1 Å². The summed E-state index contributed by atoms with van der Waals surface area (Å²) in [7, 11) is 0. The average Bonchev–Trinajstić information content (AvgIpc) is 2.58. The summed E-state index contributed by atoms with van der Waals surface area (Å²) < 4.78 is 21.9. The summed E-state index contributed by atoms with van der Waals surface area (Å²) in [6.07, 6.45) is 2.24. The third kappa shape index (κ3) is 2.19. The first-order chi connectivity index (χ1) is 9.56. The minimum atomic E-state index is -0.227. The topological polar surface area (TPSA) is 27.1 Å². The maximum absolute atomic E-state index is 14.1. The van der Waals surface area contributed by atoms with Gasteiger partial charge in [-0.3, -0.25) is 0 Å². The van der Waals surface area contributed by atoms with Gasteiger partial charge in [0.15, 0.2) is 0 Å². The standard InChI is InChI=1S/C16H19FN2O/c1-10-6-7-13(14(17)9-10)15-12(3)16-19(18-15)8-4-5-11(2)20-16/h6-7,9,11H,4-5,8H2,1-3H3. The van der Waals surface area contributed by atoms with Crippen LogP contribution in [0.4, 0.5) is 4.39 Å². The lowest BCUT2D eigenvalue weighted by Crippen LogP contribution is -2.10. The highest BCUT2D eigenvalue weighted by Crippen LogP contribution is 2.33. The van der Waals surface area contributed by atoms with Crippen molar-refractivity contribution in [2.45, 2.75) is 46.3 Å². The van der Waals surface area contributed by atoms with Gasteiger partial charge < -0.3 is 4.74 Å². The van der Waals surface area contributed by atoms with Crippen LogP contribution >= 0.6 is 0 Å². The van der Waals surface area contributed by atoms with Gasteiger partial charge in [0, 0.05) is 17.7 Å². The maximum atomic E-state index is 14.1. The molecule has 0 spiro atoms. The second-order valence-corrected chi connectivity index (χ2v) is 5.56. The van der Waals surface area contributed by atoms with Gasteiger partial charge in [0.25, 0.3) is 0 Å². The number of rotatable bonds is 1. The second kappa shape index (κ2) is 4.93. The summed E-state index contributed by atoms with van der Waals surface area (Å²) in [6.45, 7) is 6.72. The molecule has 1 aromatic heterocycles. The summed E-state index contributed by atoms with van der Waals surface area (Å²) in [5, 5.41) is 4.56. The van der Waals surface area contributed by atoms with E-state index in [2.05, 4.69) is 12.0 Å². The van der Waals surface area contributed by atoms with Gasteiger partial charge in [-0.15, -0.1) is 0 Å². The Kier molecular flexibility index (Phi) is 3.24. The molecule has 4 heteroatoms. The van der Waals surface area contributed by atoms with Gasteiger partial charge in [0.2, 0.25) is 5.88 Å². The van der Waals surface area contributed by atoms with E-state index in [1.807, 2.05) is 24.6 Å². The molecule has 3 nitrogen and oxygen atoms in total. The van der Waals surface area contributed by atoms with Crippen molar-refractivity contribution in [1.82, 2.24) is 9.78 Å². The zero-order valence-corrected chi connectivity index (χ0v) is 12.1. The Balaban J connectivity index is 2.09. The van der Waals surface area contributed by atoms with Gasteiger partial charge in [0.05, 0.1) is 6.10 Å². The van der Waals surface area contributed by atoms with Gasteiger partial charge >= 0.3 is 0 Å². The highest BCUT2D eigenvalue weighted by atomic mass is 19.1. The molecule has 2 aromatic rings. The van der Waals surface area contributed by atoms with Crippen molar-refractivity contribution in [3.63, 3.8) is 0 Å². The molecule has 1 aliphatic rings. The van der Waals surface area contributed by atoms with Crippen molar-refractivity contribution in [2.75, 3.05) is 0 Å². The number of fused-ring (bicyclic) bond motifs is 1. The number of aryl methyl sites for hydroxylation is 2. The normalized spacial score (nSPS) is 18.3. The number of nitrogens with zero attached hydrogens (tertiary/aromatic N) is 2. The summed E-state index contributed by atoms with van der Waals surface area (Å²) in [5.74, 6) is 0.555. The number of ether oxygens (including phenoxy) is 1. The lowest BCUT2D eigenvalue weighted by atomic mass is 10.1. The van der Waals surface area contributed by atoms with Gasteiger partial charge in [0.1, 0.15) is 11.5 Å². The first-order valence-electron chi connectivity index (χ1n) is 7.07. The quantitative estimate of drug-likeness (QED) is 0.789. The molecule has 1 aromatic carbocycles. The molecule has 0 saturated heterocycles. The molecule has 0 aliphatic carbocycles. The van der Waals surface area contributed by atoms with E-state index in [0.29, 0.717) is 11.3 Å². The number of hydrogen-bond donors (Lipinski definition) is 0. The molecule has 0 bridgehead atoms. The smallest absolute Gasteiger partial charge is 0.215 e. The lowest BCUT2D eigenvalue weighted by Gasteiger charge is -2.10. The SMILES string of the molecule is Cc1ccc(-c2nn3c(c2C)OC(C)CCC3)c(F)c1. The molecule has 0 radical (unpaired) electrons. The molecule has 0 N–H and O–H groups in total. The number of hydrogen-bond acceptors (Lipinski definition) is 2. The Morgan fingerprint density at radius 3 is 2.90 bits per heavy atom. The van der Waals surface area contributed by atoms with Crippen molar-refractivity contribution < 1.29 is 9.13 Å². The van der Waals surface area contributed by atoms with E-state index in [-0.39, 0.29) is 11.9 Å². The molecule has 0 saturated carbocycles. The fraction of sp³-hybridized carbons (Fsp3) is 0.438. The van der Waals surface area contributed by atoms with E-state index in [0.717, 1.165) is 36.4 Å². The average molecular weight is 274 g/mol. The van der Waals surface area contributed by atoms with Crippen molar-refractivity contribution in [3.05, 3.63) is 35.1 Å². The fourth-order valence-corrected chi connectivity index (χ4v) is 2.68. The zero-order valence-electron chi connectivity index (χ0n) is 12.1. The molecule has 20 heavy (non-hydrogen) atoms. The van der Waals surface area contributed by atoms with E-state index in [9.17, 15) is 4.39 Å². The Morgan fingerprint density at radius 1 is 1.35 bits per heavy atom. The number of benzene rings is 1. The summed E-state index contributed by atoms with van der Waals surface area (Å²) in [4.78, 5) is 0. The Labute approximate surface area is 118 Å². The number of halogens is 1. The van der Waals surface area contributed by atoms with Crippen molar-refractivity contribution in [2.24, 2.45) is 0 Å². The zero-order chi connectivity index (χ0) is 14.3. The van der Waals surface area contributed by atoms with Crippen LogP contribution in [0.1, 0.15) is 30.9 Å². The number of aromatic nitrogens is 2. The highest BCUT2D eigenvalue weighted by Gasteiger charge is 2.23. The second-order valence-electron chi connectivity index (χ2n) is 5.56. The molecule has 106 valence electrons. The highest BCUT2D eigenvalue weighted by molar-refractivity contribution is 5.66. The van der Waals surface area contributed by atoms with Crippen molar-refractivity contribution >= 4 is 0 Å². The largest absolute Gasteiger partial charge is 0.475 e. The van der Waals surface area contributed by atoms with Gasteiger partial charge in [-0.2, -0.15) is 5.10 Å². The fourth-order valence-electron chi connectivity index (χ4n) is 2.68. The molecule has 1 atom stereocenters. The van der Waals surface area contributed by atoms with Crippen LogP contribution < -0.4 is 4.74 Å². The minimum absolute atomic E-state index is 0.183.